The third-order valence-electron chi connectivity index (χ3n) is 6.29. The standard InChI is InChI=1S/C29H34ClN3O5S/c1-5-26(29(35)31-6-2)32(19-22-12-15-24(38-4)16-13-22)28(34)20-33(27-17-14-23(30)18-21(27)3)39(36,37)25-10-8-7-9-11-25/h7-18,26H,5-6,19-20H2,1-4H3,(H,31,35)/t26-/m1/s1. The molecule has 0 heterocycles. The molecule has 1 atom stereocenters. The van der Waals surface area contributed by atoms with Gasteiger partial charge in [-0.15, -0.1) is 0 Å². The van der Waals surface area contributed by atoms with Crippen molar-refractivity contribution in [3.63, 3.8) is 0 Å². The predicted molar refractivity (Wildman–Crippen MR) is 153 cm³/mol. The second-order valence-electron chi connectivity index (χ2n) is 8.94. The van der Waals surface area contributed by atoms with E-state index in [0.29, 0.717) is 35.0 Å². The van der Waals surface area contributed by atoms with Crippen LogP contribution in [0.1, 0.15) is 31.4 Å². The van der Waals surface area contributed by atoms with E-state index < -0.39 is 28.5 Å². The van der Waals surface area contributed by atoms with Gasteiger partial charge in [0.05, 0.1) is 17.7 Å². The van der Waals surface area contributed by atoms with Gasteiger partial charge in [-0.25, -0.2) is 8.42 Å². The molecule has 0 aliphatic rings. The Morgan fingerprint density at radius 3 is 2.23 bits per heavy atom. The number of anilines is 1. The number of ether oxygens (including phenoxy) is 1. The van der Waals surface area contributed by atoms with E-state index in [1.54, 1.807) is 69.5 Å². The van der Waals surface area contributed by atoms with Crippen molar-refractivity contribution in [1.82, 2.24) is 10.2 Å². The van der Waals surface area contributed by atoms with Crippen molar-refractivity contribution in [2.75, 3.05) is 24.5 Å². The van der Waals surface area contributed by atoms with Crippen molar-refractivity contribution in [2.24, 2.45) is 0 Å². The molecule has 10 heteroatoms. The first kappa shape index (κ1) is 30.0. The minimum atomic E-state index is -4.14. The molecule has 39 heavy (non-hydrogen) atoms. The summed E-state index contributed by atoms with van der Waals surface area (Å²) in [5.74, 6) is -0.162. The number of methoxy groups -OCH3 is 1. The number of hydrogen-bond acceptors (Lipinski definition) is 5. The lowest BCUT2D eigenvalue weighted by Crippen LogP contribution is -2.52. The third kappa shape index (κ3) is 7.30. The van der Waals surface area contributed by atoms with Crippen LogP contribution in [-0.4, -0.2) is 51.4 Å². The summed E-state index contributed by atoms with van der Waals surface area (Å²) in [7, 11) is -2.57. The van der Waals surface area contributed by atoms with Gasteiger partial charge in [0.1, 0.15) is 18.3 Å². The molecule has 8 nitrogen and oxygen atoms in total. The SMILES string of the molecule is CCNC(=O)[C@@H](CC)N(Cc1ccc(OC)cc1)C(=O)CN(c1ccc(Cl)cc1C)S(=O)(=O)c1ccccc1. The summed E-state index contributed by atoms with van der Waals surface area (Å²) in [5.41, 5.74) is 1.69. The lowest BCUT2D eigenvalue weighted by molar-refractivity contribution is -0.140. The number of nitrogens with zero attached hydrogens (tertiary/aromatic N) is 2. The zero-order valence-electron chi connectivity index (χ0n) is 22.6. The number of nitrogens with one attached hydrogen (secondary N) is 1. The Morgan fingerprint density at radius 1 is 1.00 bits per heavy atom. The van der Waals surface area contributed by atoms with E-state index in [2.05, 4.69) is 5.32 Å². The molecule has 0 saturated carbocycles. The quantitative estimate of drug-likeness (QED) is 0.337. The summed E-state index contributed by atoms with van der Waals surface area (Å²) >= 11 is 6.15. The second kappa shape index (κ2) is 13.5. The maximum Gasteiger partial charge on any atom is 0.264 e. The monoisotopic (exact) mass is 571 g/mol. The Morgan fingerprint density at radius 2 is 1.67 bits per heavy atom. The number of hydrogen-bond donors (Lipinski definition) is 1. The lowest BCUT2D eigenvalue weighted by Gasteiger charge is -2.33. The number of halogens is 1. The van der Waals surface area contributed by atoms with Crippen LogP contribution in [0.25, 0.3) is 0 Å². The third-order valence-corrected chi connectivity index (χ3v) is 8.30. The molecule has 208 valence electrons. The fraction of sp³-hybridized carbons (Fsp3) is 0.310. The normalized spacial score (nSPS) is 11.9. The van der Waals surface area contributed by atoms with Crippen LogP contribution in [0.15, 0.2) is 77.7 Å². The van der Waals surface area contributed by atoms with Gasteiger partial charge in [0.15, 0.2) is 0 Å². The van der Waals surface area contributed by atoms with Gasteiger partial charge in [0.25, 0.3) is 10.0 Å². The molecule has 3 rings (SSSR count). The van der Waals surface area contributed by atoms with E-state index in [9.17, 15) is 18.0 Å². The van der Waals surface area contributed by atoms with Gasteiger partial charge < -0.3 is 15.0 Å². The number of carbonyl (C=O) groups excluding carboxylic acids is 2. The van der Waals surface area contributed by atoms with Gasteiger partial charge in [-0.1, -0.05) is 48.9 Å². The van der Waals surface area contributed by atoms with Crippen LogP contribution < -0.4 is 14.4 Å². The second-order valence-corrected chi connectivity index (χ2v) is 11.2. The van der Waals surface area contributed by atoms with Gasteiger partial charge >= 0.3 is 0 Å². The minimum Gasteiger partial charge on any atom is -0.497 e. The molecule has 0 bridgehead atoms. The maximum absolute atomic E-state index is 14.0. The van der Waals surface area contributed by atoms with E-state index in [-0.39, 0.29) is 17.3 Å². The van der Waals surface area contributed by atoms with Gasteiger partial charge in [-0.3, -0.25) is 13.9 Å². The van der Waals surface area contributed by atoms with Crippen LogP contribution >= 0.6 is 11.6 Å². The van der Waals surface area contributed by atoms with Crippen LogP contribution in [0.5, 0.6) is 5.75 Å². The van der Waals surface area contributed by atoms with Crippen LogP contribution in [0, 0.1) is 6.92 Å². The number of aryl methyl sites for hydroxylation is 1. The van der Waals surface area contributed by atoms with Crippen molar-refractivity contribution in [3.8, 4) is 5.75 Å². The summed E-state index contributed by atoms with van der Waals surface area (Å²) in [5, 5.41) is 3.24. The molecule has 0 unspecified atom stereocenters. The highest BCUT2D eigenvalue weighted by Crippen LogP contribution is 2.29. The van der Waals surface area contributed by atoms with Crippen LogP contribution in [0.3, 0.4) is 0 Å². The fourth-order valence-corrected chi connectivity index (χ4v) is 6.00. The number of rotatable bonds is 12. The average molecular weight is 572 g/mol. The molecular weight excluding hydrogens is 538 g/mol. The van der Waals surface area contributed by atoms with Crippen molar-refractivity contribution in [1.29, 1.82) is 0 Å². The van der Waals surface area contributed by atoms with Gasteiger partial charge in [0.2, 0.25) is 11.8 Å². The minimum absolute atomic E-state index is 0.0459. The number of likely N-dealkylation sites (N-methyl/N-ethyl adjacent to an activating group) is 1. The topological polar surface area (TPSA) is 96.0 Å². The molecule has 0 aromatic heterocycles. The number of sulfonamides is 1. The predicted octanol–water partition coefficient (Wildman–Crippen LogP) is 4.80. The zero-order valence-corrected chi connectivity index (χ0v) is 24.1. The Balaban J connectivity index is 2.07. The van der Waals surface area contributed by atoms with Crippen molar-refractivity contribution >= 4 is 39.1 Å². The first-order chi connectivity index (χ1) is 18.6. The van der Waals surface area contributed by atoms with E-state index in [4.69, 9.17) is 16.3 Å². The van der Waals surface area contributed by atoms with Crippen LogP contribution in [0.4, 0.5) is 5.69 Å². The molecule has 2 amide bonds. The molecular formula is C29H34ClN3O5S. The highest BCUT2D eigenvalue weighted by atomic mass is 35.5. The Hall–Kier alpha value is -3.56. The van der Waals surface area contributed by atoms with Crippen LogP contribution in [0.2, 0.25) is 5.02 Å². The summed E-state index contributed by atoms with van der Waals surface area (Å²) < 4.78 is 34.0. The van der Waals surface area contributed by atoms with Crippen LogP contribution in [-0.2, 0) is 26.2 Å². The molecule has 0 spiro atoms. The molecule has 0 aliphatic carbocycles. The summed E-state index contributed by atoms with van der Waals surface area (Å²) in [4.78, 5) is 28.5. The zero-order chi connectivity index (χ0) is 28.6. The first-order valence-electron chi connectivity index (χ1n) is 12.7. The highest BCUT2D eigenvalue weighted by Gasteiger charge is 2.34. The molecule has 0 aliphatic heterocycles. The Labute approximate surface area is 235 Å². The highest BCUT2D eigenvalue weighted by molar-refractivity contribution is 7.92. The van der Waals surface area contributed by atoms with Gasteiger partial charge in [-0.2, -0.15) is 0 Å². The fourth-order valence-electron chi connectivity index (χ4n) is 4.27. The smallest absolute Gasteiger partial charge is 0.264 e. The Kier molecular flexibility index (Phi) is 10.4. The number of benzene rings is 3. The van der Waals surface area contributed by atoms with E-state index in [0.717, 1.165) is 9.87 Å². The largest absolute Gasteiger partial charge is 0.497 e. The van der Waals surface area contributed by atoms with Crippen molar-refractivity contribution in [3.05, 3.63) is 88.9 Å². The molecule has 3 aromatic rings. The lowest BCUT2D eigenvalue weighted by atomic mass is 10.1. The molecule has 1 N–H and O–H groups in total. The first-order valence-corrected chi connectivity index (χ1v) is 14.5. The van der Waals surface area contributed by atoms with Crippen molar-refractivity contribution < 1.29 is 22.7 Å². The van der Waals surface area contributed by atoms with E-state index >= 15 is 0 Å². The van der Waals surface area contributed by atoms with Gasteiger partial charge in [0, 0.05) is 18.1 Å². The molecule has 0 fully saturated rings. The van der Waals surface area contributed by atoms with E-state index in [1.165, 1.54) is 17.0 Å². The van der Waals surface area contributed by atoms with E-state index in [1.807, 2.05) is 19.1 Å². The Bertz CT molecular complexity index is 1380. The molecule has 3 aromatic carbocycles. The summed E-state index contributed by atoms with van der Waals surface area (Å²) in [6.07, 6.45) is 0.346. The molecule has 0 radical (unpaired) electrons. The summed E-state index contributed by atoms with van der Waals surface area (Å²) in [6.45, 7) is 5.35. The number of amides is 2. The number of carbonyl (C=O) groups is 2. The van der Waals surface area contributed by atoms with Crippen molar-refractivity contribution in [2.45, 2.75) is 44.7 Å². The van der Waals surface area contributed by atoms with Gasteiger partial charge in [-0.05, 0) is 73.9 Å². The average Bonchev–Trinajstić information content (AvgIpc) is 2.93. The maximum atomic E-state index is 14.0. The molecule has 0 saturated heterocycles. The summed E-state index contributed by atoms with van der Waals surface area (Å²) in [6, 6.07) is 19.1.